The van der Waals surface area contributed by atoms with Gasteiger partial charge < -0.3 is 10.6 Å². The molecule has 4 nitrogen and oxygen atoms in total. The summed E-state index contributed by atoms with van der Waals surface area (Å²) in [6.07, 6.45) is 2.56. The first-order valence-corrected chi connectivity index (χ1v) is 4.52. The van der Waals surface area contributed by atoms with Crippen LogP contribution in [0.15, 0.2) is 6.20 Å². The molecule has 0 aliphatic rings. The van der Waals surface area contributed by atoms with Gasteiger partial charge in [0, 0.05) is 13.6 Å². The maximum absolute atomic E-state index is 5.90. The van der Waals surface area contributed by atoms with Crippen molar-refractivity contribution in [2.24, 2.45) is 0 Å². The third-order valence-electron chi connectivity index (χ3n) is 1.66. The van der Waals surface area contributed by atoms with Gasteiger partial charge in [0.25, 0.3) is 0 Å². The Morgan fingerprint density at radius 3 is 2.92 bits per heavy atom. The summed E-state index contributed by atoms with van der Waals surface area (Å²) < 4.78 is 0. The van der Waals surface area contributed by atoms with E-state index in [9.17, 15) is 0 Å². The average molecular weight is 201 g/mol. The van der Waals surface area contributed by atoms with Crippen LogP contribution in [0.3, 0.4) is 0 Å². The van der Waals surface area contributed by atoms with Crippen molar-refractivity contribution in [3.05, 3.63) is 11.2 Å². The van der Waals surface area contributed by atoms with Gasteiger partial charge in [0.15, 0.2) is 5.82 Å². The number of nitrogens with two attached hydrogens (primary N) is 1. The molecule has 2 N–H and O–H groups in total. The average Bonchev–Trinajstić information content (AvgIpc) is 2.09. The molecular formula is C8H13ClN4. The van der Waals surface area contributed by atoms with Crippen molar-refractivity contribution in [2.45, 2.75) is 13.3 Å². The molecule has 0 bridgehead atoms. The Labute approximate surface area is 82.7 Å². The fourth-order valence-electron chi connectivity index (χ4n) is 1.08. The van der Waals surface area contributed by atoms with Crippen molar-refractivity contribution in [3.63, 3.8) is 0 Å². The number of aromatic nitrogens is 2. The third-order valence-corrected chi connectivity index (χ3v) is 1.93. The Morgan fingerprint density at radius 1 is 1.62 bits per heavy atom. The van der Waals surface area contributed by atoms with E-state index in [1.807, 2.05) is 11.9 Å². The van der Waals surface area contributed by atoms with Crippen LogP contribution in [0.5, 0.6) is 0 Å². The molecule has 1 aromatic heterocycles. The van der Waals surface area contributed by atoms with Gasteiger partial charge in [0.05, 0.1) is 6.20 Å². The Balaban J connectivity index is 2.91. The number of nitrogens with zero attached hydrogens (tertiary/aromatic N) is 3. The molecule has 13 heavy (non-hydrogen) atoms. The number of nitrogen functional groups attached to an aromatic ring is 1. The molecule has 0 radical (unpaired) electrons. The first-order valence-electron chi connectivity index (χ1n) is 4.14. The molecule has 5 heteroatoms. The van der Waals surface area contributed by atoms with Crippen LogP contribution in [0.1, 0.15) is 13.3 Å². The molecule has 0 amide bonds. The quantitative estimate of drug-likeness (QED) is 0.805. The first-order chi connectivity index (χ1) is 6.15. The zero-order chi connectivity index (χ0) is 9.84. The summed E-state index contributed by atoms with van der Waals surface area (Å²) in [5, 5.41) is 0.533. The minimum Gasteiger partial charge on any atom is -0.368 e. The molecule has 0 fully saturated rings. The minimum atomic E-state index is 0.252. The van der Waals surface area contributed by atoms with E-state index in [0.29, 0.717) is 10.8 Å². The molecule has 72 valence electrons. The maximum atomic E-state index is 5.90. The van der Waals surface area contributed by atoms with E-state index in [1.54, 1.807) is 0 Å². The summed E-state index contributed by atoms with van der Waals surface area (Å²) in [4.78, 5) is 9.80. The standard InChI is InChI=1S/C8H13ClN4/c1-3-4-13(2)7-6(9)5-11-8(10)12-7/h5H,3-4H2,1-2H3,(H2,10,11,12). The summed E-state index contributed by atoms with van der Waals surface area (Å²) in [5.41, 5.74) is 5.45. The predicted octanol–water partition coefficient (Wildman–Crippen LogP) is 1.56. The number of rotatable bonds is 3. The topological polar surface area (TPSA) is 55.0 Å². The number of hydrogen-bond acceptors (Lipinski definition) is 4. The SMILES string of the molecule is CCCN(C)c1nc(N)ncc1Cl. The highest BCUT2D eigenvalue weighted by atomic mass is 35.5. The zero-order valence-corrected chi connectivity index (χ0v) is 8.54. The van der Waals surface area contributed by atoms with Crippen LogP contribution in [0.4, 0.5) is 11.8 Å². The van der Waals surface area contributed by atoms with E-state index in [2.05, 4.69) is 16.9 Å². The normalized spacial score (nSPS) is 10.1. The van der Waals surface area contributed by atoms with Crippen LogP contribution >= 0.6 is 11.6 Å². The molecule has 1 aromatic rings. The molecule has 0 unspecified atom stereocenters. The highest BCUT2D eigenvalue weighted by Crippen LogP contribution is 2.21. The molecule has 0 aliphatic carbocycles. The van der Waals surface area contributed by atoms with Crippen LogP contribution in [0.25, 0.3) is 0 Å². The Kier molecular flexibility index (Phi) is 3.31. The van der Waals surface area contributed by atoms with Crippen molar-refractivity contribution in [3.8, 4) is 0 Å². The van der Waals surface area contributed by atoms with E-state index in [-0.39, 0.29) is 5.95 Å². The third kappa shape index (κ3) is 2.45. The van der Waals surface area contributed by atoms with Crippen LogP contribution in [-0.2, 0) is 0 Å². The molecule has 1 rings (SSSR count). The zero-order valence-electron chi connectivity index (χ0n) is 7.79. The molecule has 0 aromatic carbocycles. The lowest BCUT2D eigenvalue weighted by Gasteiger charge is -2.17. The smallest absolute Gasteiger partial charge is 0.222 e. The van der Waals surface area contributed by atoms with Crippen LogP contribution < -0.4 is 10.6 Å². The number of halogens is 1. The molecule has 0 spiro atoms. The molecule has 0 saturated heterocycles. The van der Waals surface area contributed by atoms with Crippen molar-refractivity contribution in [1.82, 2.24) is 9.97 Å². The van der Waals surface area contributed by atoms with Gasteiger partial charge in [-0.3, -0.25) is 0 Å². The summed E-state index contributed by atoms with van der Waals surface area (Å²) in [7, 11) is 1.93. The Bertz CT molecular complexity index is 289. The second-order valence-electron chi connectivity index (χ2n) is 2.82. The lowest BCUT2D eigenvalue weighted by atomic mass is 10.4. The first kappa shape index (κ1) is 10.1. The monoisotopic (exact) mass is 200 g/mol. The van der Waals surface area contributed by atoms with Crippen LogP contribution in [-0.4, -0.2) is 23.6 Å². The predicted molar refractivity (Wildman–Crippen MR) is 55.0 cm³/mol. The molecule has 0 aliphatic heterocycles. The molecule has 0 atom stereocenters. The fourth-order valence-corrected chi connectivity index (χ4v) is 1.32. The molecule has 1 heterocycles. The van der Waals surface area contributed by atoms with Gasteiger partial charge in [0.2, 0.25) is 5.95 Å². The van der Waals surface area contributed by atoms with E-state index >= 15 is 0 Å². The fraction of sp³-hybridized carbons (Fsp3) is 0.500. The van der Waals surface area contributed by atoms with Gasteiger partial charge in [-0.15, -0.1) is 0 Å². The summed E-state index contributed by atoms with van der Waals surface area (Å²) in [6.45, 7) is 2.99. The van der Waals surface area contributed by atoms with Crippen molar-refractivity contribution >= 4 is 23.4 Å². The van der Waals surface area contributed by atoms with Gasteiger partial charge in [-0.1, -0.05) is 18.5 Å². The van der Waals surface area contributed by atoms with Gasteiger partial charge >= 0.3 is 0 Å². The summed E-state index contributed by atoms with van der Waals surface area (Å²) in [5.74, 6) is 0.943. The van der Waals surface area contributed by atoms with Crippen molar-refractivity contribution in [1.29, 1.82) is 0 Å². The van der Waals surface area contributed by atoms with Crippen LogP contribution in [0.2, 0.25) is 5.02 Å². The number of anilines is 2. The van der Waals surface area contributed by atoms with Crippen molar-refractivity contribution < 1.29 is 0 Å². The summed E-state index contributed by atoms with van der Waals surface area (Å²) in [6, 6.07) is 0. The highest BCUT2D eigenvalue weighted by molar-refractivity contribution is 6.32. The number of hydrogen-bond donors (Lipinski definition) is 1. The van der Waals surface area contributed by atoms with Crippen molar-refractivity contribution in [2.75, 3.05) is 24.2 Å². The largest absolute Gasteiger partial charge is 0.368 e. The van der Waals surface area contributed by atoms with E-state index < -0.39 is 0 Å². The second-order valence-corrected chi connectivity index (χ2v) is 3.23. The van der Waals surface area contributed by atoms with Gasteiger partial charge in [-0.25, -0.2) is 4.98 Å². The van der Waals surface area contributed by atoms with Gasteiger partial charge in [0.1, 0.15) is 5.02 Å². The van der Waals surface area contributed by atoms with Gasteiger partial charge in [-0.05, 0) is 6.42 Å². The maximum Gasteiger partial charge on any atom is 0.222 e. The second kappa shape index (κ2) is 4.28. The van der Waals surface area contributed by atoms with E-state index in [4.69, 9.17) is 17.3 Å². The Morgan fingerprint density at radius 2 is 2.31 bits per heavy atom. The summed E-state index contributed by atoms with van der Waals surface area (Å²) >= 11 is 5.90. The lowest BCUT2D eigenvalue weighted by Crippen LogP contribution is -2.20. The van der Waals surface area contributed by atoms with Gasteiger partial charge in [-0.2, -0.15) is 4.98 Å². The minimum absolute atomic E-state index is 0.252. The highest BCUT2D eigenvalue weighted by Gasteiger charge is 2.07. The van der Waals surface area contributed by atoms with Crippen LogP contribution in [0, 0.1) is 0 Å². The van der Waals surface area contributed by atoms with E-state index in [0.717, 1.165) is 13.0 Å². The lowest BCUT2D eigenvalue weighted by molar-refractivity contribution is 0.836. The molecular weight excluding hydrogens is 188 g/mol. The molecule has 0 saturated carbocycles. The van der Waals surface area contributed by atoms with E-state index in [1.165, 1.54) is 6.20 Å². The Hall–Kier alpha value is -1.03.